The van der Waals surface area contributed by atoms with Crippen molar-refractivity contribution in [3.05, 3.63) is 71.1 Å². The lowest BCUT2D eigenvalue weighted by Gasteiger charge is -2.26. The smallest absolute Gasteiger partial charge is 0.277 e. The van der Waals surface area contributed by atoms with E-state index in [2.05, 4.69) is 30.8 Å². The van der Waals surface area contributed by atoms with E-state index in [-0.39, 0.29) is 23.4 Å². The number of pyridine rings is 2. The highest BCUT2D eigenvalue weighted by atomic mass is 35.5. The fourth-order valence-corrected chi connectivity index (χ4v) is 4.67. The molecule has 10 heteroatoms. The summed E-state index contributed by atoms with van der Waals surface area (Å²) in [6.07, 6.45) is 7.04. The van der Waals surface area contributed by atoms with Crippen molar-refractivity contribution >= 4 is 40.6 Å². The zero-order valence-electron chi connectivity index (χ0n) is 20.4. The van der Waals surface area contributed by atoms with Gasteiger partial charge in [0.1, 0.15) is 17.7 Å². The number of hydrogen-bond donors (Lipinski definition) is 3. The predicted octanol–water partition coefficient (Wildman–Crippen LogP) is 4.37. The van der Waals surface area contributed by atoms with Crippen LogP contribution in [0.15, 0.2) is 54.9 Å². The average molecular weight is 521 g/mol. The Hall–Kier alpha value is -3.69. The number of ether oxygens (including phenoxy) is 1. The summed E-state index contributed by atoms with van der Waals surface area (Å²) in [5.41, 5.74) is 1.82. The van der Waals surface area contributed by atoms with Crippen LogP contribution in [0.2, 0.25) is 5.02 Å². The van der Waals surface area contributed by atoms with Gasteiger partial charge in [-0.05, 0) is 75.2 Å². The van der Waals surface area contributed by atoms with Gasteiger partial charge in [0.15, 0.2) is 5.69 Å². The van der Waals surface area contributed by atoms with Crippen molar-refractivity contribution in [1.29, 1.82) is 0 Å². The monoisotopic (exact) mass is 520 g/mol. The number of benzene rings is 1. The van der Waals surface area contributed by atoms with Gasteiger partial charge in [-0.25, -0.2) is 9.97 Å². The molecule has 1 aromatic carbocycles. The molecular formula is C27H29ClN6O3. The van der Waals surface area contributed by atoms with Crippen LogP contribution in [-0.4, -0.2) is 54.1 Å². The van der Waals surface area contributed by atoms with Crippen LogP contribution in [0.3, 0.4) is 0 Å². The van der Waals surface area contributed by atoms with E-state index >= 15 is 0 Å². The van der Waals surface area contributed by atoms with Crippen molar-refractivity contribution in [2.45, 2.75) is 31.8 Å². The second kappa shape index (κ2) is 11.6. The van der Waals surface area contributed by atoms with E-state index in [4.69, 9.17) is 16.3 Å². The van der Waals surface area contributed by atoms with Crippen molar-refractivity contribution < 1.29 is 14.3 Å². The Morgan fingerprint density at radius 2 is 1.81 bits per heavy atom. The van der Waals surface area contributed by atoms with Crippen LogP contribution in [0.5, 0.6) is 5.75 Å². The van der Waals surface area contributed by atoms with Crippen LogP contribution < -0.4 is 25.6 Å². The molecule has 0 spiro atoms. The van der Waals surface area contributed by atoms with Crippen LogP contribution >= 0.6 is 11.6 Å². The molecule has 192 valence electrons. The minimum absolute atomic E-state index is 0.0354. The molecule has 5 rings (SSSR count). The zero-order chi connectivity index (χ0) is 25.6. The molecule has 2 aliphatic rings. The number of anilines is 3. The van der Waals surface area contributed by atoms with E-state index in [0.717, 1.165) is 57.5 Å². The molecule has 4 heterocycles. The Kier molecular flexibility index (Phi) is 7.82. The van der Waals surface area contributed by atoms with Crippen molar-refractivity contribution in [1.82, 2.24) is 15.3 Å². The van der Waals surface area contributed by atoms with Gasteiger partial charge < -0.3 is 25.6 Å². The van der Waals surface area contributed by atoms with Gasteiger partial charge in [-0.1, -0.05) is 11.6 Å². The molecule has 2 amide bonds. The van der Waals surface area contributed by atoms with Crippen LogP contribution in [0.25, 0.3) is 0 Å². The van der Waals surface area contributed by atoms with Crippen molar-refractivity contribution in [2.24, 2.45) is 0 Å². The summed E-state index contributed by atoms with van der Waals surface area (Å²) in [5, 5.41) is 9.34. The van der Waals surface area contributed by atoms with E-state index < -0.39 is 5.91 Å². The fraction of sp³-hybridized carbons (Fsp3) is 0.333. The Morgan fingerprint density at radius 1 is 1.00 bits per heavy atom. The Bertz CT molecular complexity index is 1260. The van der Waals surface area contributed by atoms with Crippen LogP contribution in [0.4, 0.5) is 17.2 Å². The van der Waals surface area contributed by atoms with Gasteiger partial charge in [-0.2, -0.15) is 0 Å². The lowest BCUT2D eigenvalue weighted by molar-refractivity contribution is 0.101. The molecule has 0 unspecified atom stereocenters. The summed E-state index contributed by atoms with van der Waals surface area (Å²) in [6, 6.07) is 12.2. The maximum Gasteiger partial charge on any atom is 0.277 e. The van der Waals surface area contributed by atoms with Crippen molar-refractivity contribution in [3.63, 3.8) is 0 Å². The molecule has 0 radical (unpaired) electrons. The number of amides is 2. The highest BCUT2D eigenvalue weighted by Crippen LogP contribution is 2.31. The number of carbonyl (C=O) groups is 2. The first-order valence-corrected chi connectivity index (χ1v) is 12.9. The van der Waals surface area contributed by atoms with Crippen LogP contribution in [0, 0.1) is 0 Å². The van der Waals surface area contributed by atoms with Gasteiger partial charge in [0.25, 0.3) is 11.8 Å². The van der Waals surface area contributed by atoms with Gasteiger partial charge in [0, 0.05) is 37.2 Å². The lowest BCUT2D eigenvalue weighted by atomic mass is 10.1. The summed E-state index contributed by atoms with van der Waals surface area (Å²) < 4.78 is 6.37. The summed E-state index contributed by atoms with van der Waals surface area (Å²) in [7, 11) is 0. The largest absolute Gasteiger partial charge is 0.489 e. The highest BCUT2D eigenvalue weighted by Gasteiger charge is 2.23. The van der Waals surface area contributed by atoms with Gasteiger partial charge in [0.2, 0.25) is 0 Å². The standard InChI is InChI=1S/C27H29ClN6O3/c28-18-5-8-24(31-17-18)33-27(36)25-22(4-3-11-30-25)32-26(35)21-7-6-19(34-14-1-2-15-34)16-23(21)37-20-9-12-29-13-10-20/h3-8,11,16-17,20,29H,1-2,9-10,12-15H2,(H,32,35)(H,31,33,36). The molecule has 3 N–H and O–H groups in total. The summed E-state index contributed by atoms with van der Waals surface area (Å²) in [4.78, 5) is 37.0. The Labute approximate surface area is 220 Å². The maximum absolute atomic E-state index is 13.5. The minimum Gasteiger partial charge on any atom is -0.489 e. The molecule has 0 saturated carbocycles. The molecule has 2 fully saturated rings. The number of nitrogens with one attached hydrogen (secondary N) is 3. The molecule has 2 aromatic heterocycles. The quantitative estimate of drug-likeness (QED) is 0.424. The third-order valence-electron chi connectivity index (χ3n) is 6.50. The maximum atomic E-state index is 13.5. The third-order valence-corrected chi connectivity index (χ3v) is 6.72. The predicted molar refractivity (Wildman–Crippen MR) is 144 cm³/mol. The van der Waals surface area contributed by atoms with E-state index in [1.165, 1.54) is 12.4 Å². The zero-order valence-corrected chi connectivity index (χ0v) is 21.1. The number of aromatic nitrogens is 2. The Balaban J connectivity index is 1.38. The summed E-state index contributed by atoms with van der Waals surface area (Å²) >= 11 is 5.88. The number of nitrogens with zero attached hydrogens (tertiary/aromatic N) is 3. The third kappa shape index (κ3) is 6.18. The van der Waals surface area contributed by atoms with Crippen molar-refractivity contribution in [3.8, 4) is 5.75 Å². The fourth-order valence-electron chi connectivity index (χ4n) is 4.56. The first-order valence-electron chi connectivity index (χ1n) is 12.5. The van der Waals surface area contributed by atoms with E-state index in [1.807, 2.05) is 12.1 Å². The number of carbonyl (C=O) groups excluding carboxylic acids is 2. The molecule has 37 heavy (non-hydrogen) atoms. The van der Waals surface area contributed by atoms with E-state index in [9.17, 15) is 9.59 Å². The molecule has 0 atom stereocenters. The molecular weight excluding hydrogens is 492 g/mol. The Morgan fingerprint density at radius 3 is 2.57 bits per heavy atom. The SMILES string of the molecule is O=C(Nc1cccnc1C(=O)Nc1ccc(Cl)cn1)c1ccc(N2CCCC2)cc1OC1CCNCC1. The normalized spacial score (nSPS) is 15.9. The van der Waals surface area contributed by atoms with Gasteiger partial charge >= 0.3 is 0 Å². The first-order chi connectivity index (χ1) is 18.1. The molecule has 0 bridgehead atoms. The summed E-state index contributed by atoms with van der Waals surface area (Å²) in [6.45, 7) is 3.76. The molecule has 2 saturated heterocycles. The minimum atomic E-state index is -0.499. The molecule has 9 nitrogen and oxygen atoms in total. The van der Waals surface area contributed by atoms with Gasteiger partial charge in [0.05, 0.1) is 16.3 Å². The molecule has 2 aliphatic heterocycles. The molecule has 3 aromatic rings. The first kappa shape index (κ1) is 25.0. The number of halogens is 1. The van der Waals surface area contributed by atoms with Crippen molar-refractivity contribution in [2.75, 3.05) is 41.7 Å². The molecule has 0 aliphatic carbocycles. The number of piperidine rings is 1. The topological polar surface area (TPSA) is 108 Å². The summed E-state index contributed by atoms with van der Waals surface area (Å²) in [5.74, 6) is 0.00593. The number of rotatable bonds is 7. The van der Waals surface area contributed by atoms with Gasteiger partial charge in [-0.15, -0.1) is 0 Å². The second-order valence-corrected chi connectivity index (χ2v) is 9.55. The van der Waals surface area contributed by atoms with Crippen LogP contribution in [0.1, 0.15) is 46.5 Å². The highest BCUT2D eigenvalue weighted by molar-refractivity contribution is 6.30. The average Bonchev–Trinajstić information content (AvgIpc) is 3.46. The second-order valence-electron chi connectivity index (χ2n) is 9.11. The lowest BCUT2D eigenvalue weighted by Crippen LogP contribution is -2.34. The van der Waals surface area contributed by atoms with Crippen LogP contribution in [-0.2, 0) is 0 Å². The number of hydrogen-bond acceptors (Lipinski definition) is 7. The van der Waals surface area contributed by atoms with Gasteiger partial charge in [-0.3, -0.25) is 9.59 Å². The van der Waals surface area contributed by atoms with E-state index in [0.29, 0.717) is 22.2 Å². The van der Waals surface area contributed by atoms with E-state index in [1.54, 1.807) is 30.3 Å².